The van der Waals surface area contributed by atoms with Gasteiger partial charge in [-0.2, -0.15) is 13.4 Å². The molecule has 1 amide bonds. The van der Waals surface area contributed by atoms with Crippen molar-refractivity contribution in [1.82, 2.24) is 14.7 Å². The van der Waals surface area contributed by atoms with Gasteiger partial charge < -0.3 is 9.64 Å². The lowest BCUT2D eigenvalue weighted by atomic mass is 9.97. The van der Waals surface area contributed by atoms with Crippen LogP contribution in [-0.4, -0.2) is 36.4 Å². The minimum Gasteiger partial charge on any atom is -0.473 e. The third-order valence-corrected chi connectivity index (χ3v) is 7.77. The highest BCUT2D eigenvalue weighted by Gasteiger charge is 2.39. The van der Waals surface area contributed by atoms with E-state index in [0.29, 0.717) is 27.3 Å². The number of halogens is 2. The number of hydrogen-bond acceptors (Lipinski definition) is 7. The number of benzene rings is 1. The maximum atomic E-state index is 13.1. The molecule has 0 spiro atoms. The molecule has 3 aromatic rings. The van der Waals surface area contributed by atoms with Crippen LogP contribution in [0.1, 0.15) is 43.1 Å². The normalized spacial score (nSPS) is 17.1. The fraction of sp³-hybridized carbons (Fsp3) is 0.320. The van der Waals surface area contributed by atoms with E-state index in [4.69, 9.17) is 27.9 Å². The van der Waals surface area contributed by atoms with Gasteiger partial charge in [-0.05, 0) is 56.5 Å². The summed E-state index contributed by atoms with van der Waals surface area (Å²) in [6.45, 7) is 7.07. The number of carbonyl (C=O) groups excluding carboxylic acids is 1. The number of ether oxygens (including phenoxy) is 1. The van der Waals surface area contributed by atoms with Crippen molar-refractivity contribution in [2.75, 3.05) is 11.4 Å². The molecule has 0 saturated carbocycles. The zero-order chi connectivity index (χ0) is 26.1. The van der Waals surface area contributed by atoms with E-state index >= 15 is 0 Å². The predicted molar refractivity (Wildman–Crippen MR) is 139 cm³/mol. The molecular formula is C25H26Cl2N4O4S. The molecule has 1 aliphatic heterocycles. The molecule has 190 valence electrons. The van der Waals surface area contributed by atoms with E-state index in [-0.39, 0.29) is 28.6 Å². The molecule has 0 aliphatic carbocycles. The van der Waals surface area contributed by atoms with Gasteiger partial charge >= 0.3 is 0 Å². The number of carbonyl (C=O) groups is 1. The van der Waals surface area contributed by atoms with Gasteiger partial charge in [0.25, 0.3) is 15.9 Å². The molecule has 1 N–H and O–H groups in total. The van der Waals surface area contributed by atoms with Gasteiger partial charge in [-0.1, -0.05) is 42.3 Å². The fourth-order valence-corrected chi connectivity index (χ4v) is 5.78. The van der Waals surface area contributed by atoms with Crippen molar-refractivity contribution in [3.63, 3.8) is 0 Å². The van der Waals surface area contributed by atoms with Crippen molar-refractivity contribution in [2.45, 2.75) is 44.4 Å². The number of nitrogens with one attached hydrogen (secondary N) is 1. The lowest BCUT2D eigenvalue weighted by Gasteiger charge is -2.33. The molecule has 1 saturated heterocycles. The van der Waals surface area contributed by atoms with E-state index in [2.05, 4.69) is 35.5 Å². The largest absolute Gasteiger partial charge is 0.473 e. The van der Waals surface area contributed by atoms with E-state index in [1.54, 1.807) is 36.5 Å². The number of rotatable bonds is 7. The van der Waals surface area contributed by atoms with Crippen LogP contribution in [0.2, 0.25) is 10.0 Å². The lowest BCUT2D eigenvalue weighted by Crippen LogP contribution is -2.41. The van der Waals surface area contributed by atoms with Crippen molar-refractivity contribution in [3.8, 4) is 5.88 Å². The van der Waals surface area contributed by atoms with E-state index in [9.17, 15) is 13.2 Å². The molecule has 4 rings (SSSR count). The van der Waals surface area contributed by atoms with Crippen LogP contribution >= 0.6 is 23.2 Å². The van der Waals surface area contributed by atoms with Crippen molar-refractivity contribution < 1.29 is 17.9 Å². The maximum absolute atomic E-state index is 13.1. The highest BCUT2D eigenvalue weighted by atomic mass is 35.5. The van der Waals surface area contributed by atoms with E-state index in [1.165, 1.54) is 18.2 Å². The summed E-state index contributed by atoms with van der Waals surface area (Å²) in [6, 6.07) is 12.4. The minimum atomic E-state index is -4.29. The van der Waals surface area contributed by atoms with Gasteiger partial charge in [0, 0.05) is 40.0 Å². The Morgan fingerprint density at radius 2 is 1.97 bits per heavy atom. The van der Waals surface area contributed by atoms with Gasteiger partial charge in [-0.15, -0.1) is 0 Å². The second-order valence-electron chi connectivity index (χ2n) is 9.38. The topological polar surface area (TPSA) is 101 Å². The molecular weight excluding hydrogens is 523 g/mol. The second kappa shape index (κ2) is 10.2. The number of pyridine rings is 2. The van der Waals surface area contributed by atoms with Crippen LogP contribution in [0.3, 0.4) is 0 Å². The number of nitrogens with zero attached hydrogens (tertiary/aromatic N) is 3. The summed E-state index contributed by atoms with van der Waals surface area (Å²) in [7, 11) is -4.29. The summed E-state index contributed by atoms with van der Waals surface area (Å²) in [4.78, 5) is 23.6. The summed E-state index contributed by atoms with van der Waals surface area (Å²) < 4.78 is 33.8. The smallest absolute Gasteiger partial charge is 0.281 e. The van der Waals surface area contributed by atoms with Gasteiger partial charge in [0.15, 0.2) is 5.03 Å². The summed E-state index contributed by atoms with van der Waals surface area (Å²) in [5.41, 5.74) is 0.614. The van der Waals surface area contributed by atoms with Gasteiger partial charge in [0.2, 0.25) is 5.88 Å². The van der Waals surface area contributed by atoms with Gasteiger partial charge in [-0.3, -0.25) is 4.79 Å². The Kier molecular flexibility index (Phi) is 7.45. The molecule has 1 fully saturated rings. The van der Waals surface area contributed by atoms with Crippen LogP contribution < -0.4 is 14.4 Å². The number of aromatic nitrogens is 2. The lowest BCUT2D eigenvalue weighted by molar-refractivity contribution is 0.0981. The van der Waals surface area contributed by atoms with Crippen LogP contribution in [0.15, 0.2) is 59.8 Å². The molecule has 36 heavy (non-hydrogen) atoms. The summed E-state index contributed by atoms with van der Waals surface area (Å²) in [6.07, 6.45) is 2.52. The third kappa shape index (κ3) is 5.74. The standard InChI is InChI=1S/C25H26Cl2N4O4S/c1-16-13-25(2,3)31(14-16)23-19(6-5-11-28-23)24(32)30-36(33,34)22-8-4-7-21(29-22)35-15-17-9-10-18(26)12-20(17)27/h4-12,16H,13-15H2,1-3H3,(H,30,32). The number of hydrogen-bond donors (Lipinski definition) is 1. The summed E-state index contributed by atoms with van der Waals surface area (Å²) >= 11 is 12.1. The Morgan fingerprint density at radius 3 is 2.67 bits per heavy atom. The monoisotopic (exact) mass is 548 g/mol. The molecule has 0 radical (unpaired) electrons. The molecule has 0 bridgehead atoms. The summed E-state index contributed by atoms with van der Waals surface area (Å²) in [5.74, 6) is 0.140. The Morgan fingerprint density at radius 1 is 1.19 bits per heavy atom. The van der Waals surface area contributed by atoms with E-state index in [0.717, 1.165) is 13.0 Å². The number of anilines is 1. The van der Waals surface area contributed by atoms with Crippen LogP contribution in [0.4, 0.5) is 5.82 Å². The highest BCUT2D eigenvalue weighted by Crippen LogP contribution is 2.37. The summed E-state index contributed by atoms with van der Waals surface area (Å²) in [5, 5.41) is 0.558. The zero-order valence-electron chi connectivity index (χ0n) is 20.0. The SMILES string of the molecule is CC1CN(c2ncccc2C(=O)NS(=O)(=O)c2cccc(OCc3ccc(Cl)cc3Cl)n2)C(C)(C)C1. The van der Waals surface area contributed by atoms with Crippen LogP contribution in [0.25, 0.3) is 0 Å². The Labute approximate surface area is 220 Å². The molecule has 1 unspecified atom stereocenters. The van der Waals surface area contributed by atoms with Crippen molar-refractivity contribution >= 4 is 45.0 Å². The van der Waals surface area contributed by atoms with Crippen molar-refractivity contribution in [1.29, 1.82) is 0 Å². The first-order chi connectivity index (χ1) is 17.0. The van der Waals surface area contributed by atoms with E-state index < -0.39 is 15.9 Å². The molecule has 3 heterocycles. The maximum Gasteiger partial charge on any atom is 0.281 e. The Bertz CT molecular complexity index is 1400. The van der Waals surface area contributed by atoms with Crippen LogP contribution in [-0.2, 0) is 16.6 Å². The van der Waals surface area contributed by atoms with Crippen LogP contribution in [0.5, 0.6) is 5.88 Å². The van der Waals surface area contributed by atoms with Crippen molar-refractivity contribution in [3.05, 3.63) is 75.9 Å². The van der Waals surface area contributed by atoms with E-state index in [1.807, 2.05) is 4.90 Å². The molecule has 8 nitrogen and oxygen atoms in total. The van der Waals surface area contributed by atoms with Gasteiger partial charge in [0.1, 0.15) is 12.4 Å². The fourth-order valence-electron chi connectivity index (χ4n) is 4.39. The number of amides is 1. The highest BCUT2D eigenvalue weighted by molar-refractivity contribution is 7.90. The molecule has 1 atom stereocenters. The van der Waals surface area contributed by atoms with Crippen LogP contribution in [0, 0.1) is 5.92 Å². The average molecular weight is 549 g/mol. The average Bonchev–Trinajstić information content (AvgIpc) is 3.10. The van der Waals surface area contributed by atoms with Gasteiger partial charge in [0.05, 0.1) is 5.56 Å². The Balaban J connectivity index is 1.52. The molecule has 2 aromatic heterocycles. The zero-order valence-corrected chi connectivity index (χ0v) is 22.4. The van der Waals surface area contributed by atoms with Gasteiger partial charge in [-0.25, -0.2) is 9.71 Å². The second-order valence-corrected chi connectivity index (χ2v) is 11.9. The first-order valence-corrected chi connectivity index (χ1v) is 13.5. The minimum absolute atomic E-state index is 0.0575. The molecule has 11 heteroatoms. The first-order valence-electron chi connectivity index (χ1n) is 11.3. The molecule has 1 aromatic carbocycles. The first kappa shape index (κ1) is 26.2. The third-order valence-electron chi connectivity index (χ3n) is 5.95. The number of sulfonamides is 1. The predicted octanol–water partition coefficient (Wildman–Crippen LogP) is 5.11. The molecule has 1 aliphatic rings. The quantitative estimate of drug-likeness (QED) is 0.437. The van der Waals surface area contributed by atoms with Crippen molar-refractivity contribution in [2.24, 2.45) is 5.92 Å². The Hall–Kier alpha value is -2.88.